The summed E-state index contributed by atoms with van der Waals surface area (Å²) in [4.78, 5) is 24.2. The highest BCUT2D eigenvalue weighted by atomic mass is 16.3. The molecule has 1 aromatic rings. The third-order valence-electron chi connectivity index (χ3n) is 2.95. The number of benzene rings is 1. The maximum atomic E-state index is 11.7. The van der Waals surface area contributed by atoms with Crippen LogP contribution in [0.5, 0.6) is 5.75 Å². The van der Waals surface area contributed by atoms with Gasteiger partial charge in [0.2, 0.25) is 11.8 Å². The molecule has 3 N–H and O–H groups in total. The molecule has 1 heterocycles. The maximum Gasteiger partial charge on any atom is 0.227 e. The number of amides is 2. The van der Waals surface area contributed by atoms with Gasteiger partial charge < -0.3 is 15.7 Å². The van der Waals surface area contributed by atoms with Gasteiger partial charge >= 0.3 is 0 Å². The molecule has 2 rings (SSSR count). The van der Waals surface area contributed by atoms with Gasteiger partial charge in [-0.15, -0.1) is 0 Å². The number of rotatable bonds is 2. The second-order valence-electron chi connectivity index (χ2n) is 4.30. The summed E-state index contributed by atoms with van der Waals surface area (Å²) >= 11 is 0. The van der Waals surface area contributed by atoms with E-state index in [1.807, 2.05) is 6.92 Å². The molecule has 1 unspecified atom stereocenters. The fourth-order valence-corrected chi connectivity index (χ4v) is 1.99. The molecule has 0 aromatic heterocycles. The molecule has 1 fully saturated rings. The zero-order valence-electron chi connectivity index (χ0n) is 9.51. The molecule has 5 heteroatoms. The molecule has 2 amide bonds. The molecular formula is C12H14N2O3. The van der Waals surface area contributed by atoms with Crippen LogP contribution in [0.2, 0.25) is 0 Å². The predicted octanol–water partition coefficient (Wildman–Crippen LogP) is 0.539. The Morgan fingerprint density at radius 1 is 1.53 bits per heavy atom. The van der Waals surface area contributed by atoms with E-state index in [0.29, 0.717) is 5.69 Å². The van der Waals surface area contributed by atoms with E-state index in [1.165, 1.54) is 4.90 Å². The van der Waals surface area contributed by atoms with E-state index >= 15 is 0 Å². The van der Waals surface area contributed by atoms with Crippen molar-refractivity contribution in [2.24, 2.45) is 11.7 Å². The highest BCUT2D eigenvalue weighted by Gasteiger charge is 2.34. The Kier molecular flexibility index (Phi) is 2.75. The molecule has 0 spiro atoms. The molecular weight excluding hydrogens is 220 g/mol. The van der Waals surface area contributed by atoms with E-state index in [4.69, 9.17) is 5.73 Å². The van der Waals surface area contributed by atoms with E-state index in [0.717, 1.165) is 5.56 Å². The van der Waals surface area contributed by atoms with Crippen LogP contribution < -0.4 is 10.6 Å². The van der Waals surface area contributed by atoms with Crippen molar-refractivity contribution in [3.05, 3.63) is 23.8 Å². The van der Waals surface area contributed by atoms with Crippen molar-refractivity contribution >= 4 is 17.5 Å². The molecule has 1 aromatic carbocycles. The van der Waals surface area contributed by atoms with E-state index in [1.54, 1.807) is 18.2 Å². The average Bonchev–Trinajstić information content (AvgIpc) is 2.61. The van der Waals surface area contributed by atoms with Crippen LogP contribution in [0.15, 0.2) is 18.2 Å². The number of hydrogen-bond donors (Lipinski definition) is 2. The van der Waals surface area contributed by atoms with Crippen LogP contribution in [0, 0.1) is 12.8 Å². The maximum absolute atomic E-state index is 11.7. The lowest BCUT2D eigenvalue weighted by Crippen LogP contribution is -2.28. The normalized spacial score (nSPS) is 19.7. The highest BCUT2D eigenvalue weighted by Crippen LogP contribution is 2.32. The lowest BCUT2D eigenvalue weighted by Gasteiger charge is -2.17. The zero-order chi connectivity index (χ0) is 12.6. The van der Waals surface area contributed by atoms with Gasteiger partial charge in [-0.3, -0.25) is 9.59 Å². The van der Waals surface area contributed by atoms with Crippen molar-refractivity contribution in [2.45, 2.75) is 13.3 Å². The largest absolute Gasteiger partial charge is 0.506 e. The number of nitrogens with two attached hydrogens (primary N) is 1. The van der Waals surface area contributed by atoms with Gasteiger partial charge in [-0.2, -0.15) is 0 Å². The Bertz CT molecular complexity index is 485. The molecule has 0 radical (unpaired) electrons. The highest BCUT2D eigenvalue weighted by molar-refractivity contribution is 6.01. The fourth-order valence-electron chi connectivity index (χ4n) is 1.99. The number of aromatic hydroxyl groups is 1. The number of carbonyl (C=O) groups excluding carboxylic acids is 2. The average molecular weight is 234 g/mol. The van der Waals surface area contributed by atoms with E-state index in [9.17, 15) is 14.7 Å². The van der Waals surface area contributed by atoms with Gasteiger partial charge in [0.05, 0.1) is 11.6 Å². The number of aryl methyl sites for hydroxylation is 1. The molecule has 0 aliphatic carbocycles. The van der Waals surface area contributed by atoms with Crippen LogP contribution >= 0.6 is 0 Å². The van der Waals surface area contributed by atoms with Crippen LogP contribution in [0.25, 0.3) is 0 Å². The summed E-state index contributed by atoms with van der Waals surface area (Å²) in [6, 6.07) is 5.06. The van der Waals surface area contributed by atoms with Gasteiger partial charge in [-0.1, -0.05) is 6.07 Å². The second-order valence-corrected chi connectivity index (χ2v) is 4.30. The standard InChI is InChI=1S/C12H14N2O3/c1-7-2-3-9(10(15)4-7)14-6-8(12(13)17)5-11(14)16/h2-4,8,15H,5-6H2,1H3,(H2,13,17). The second kappa shape index (κ2) is 4.08. The molecule has 1 atom stereocenters. The molecule has 0 saturated carbocycles. The minimum Gasteiger partial charge on any atom is -0.506 e. The number of nitrogens with zero attached hydrogens (tertiary/aromatic N) is 1. The Labute approximate surface area is 98.8 Å². The third kappa shape index (κ3) is 2.08. The smallest absolute Gasteiger partial charge is 0.227 e. The summed E-state index contributed by atoms with van der Waals surface area (Å²) in [5.41, 5.74) is 6.52. The zero-order valence-corrected chi connectivity index (χ0v) is 9.51. The van der Waals surface area contributed by atoms with Crippen LogP contribution in [-0.2, 0) is 9.59 Å². The van der Waals surface area contributed by atoms with Crippen molar-refractivity contribution < 1.29 is 14.7 Å². The minimum atomic E-state index is -0.479. The van der Waals surface area contributed by atoms with Crippen molar-refractivity contribution in [3.8, 4) is 5.75 Å². The first-order valence-electron chi connectivity index (χ1n) is 5.38. The van der Waals surface area contributed by atoms with Crippen molar-refractivity contribution in [3.63, 3.8) is 0 Å². The Balaban J connectivity index is 2.29. The van der Waals surface area contributed by atoms with Crippen molar-refractivity contribution in [1.82, 2.24) is 0 Å². The molecule has 0 bridgehead atoms. The van der Waals surface area contributed by atoms with Gasteiger partial charge in [-0.25, -0.2) is 0 Å². The minimum absolute atomic E-state index is 0.0449. The number of phenolic OH excluding ortho intramolecular Hbond substituents is 1. The number of carbonyl (C=O) groups is 2. The van der Waals surface area contributed by atoms with Crippen LogP contribution in [0.4, 0.5) is 5.69 Å². The summed E-state index contributed by atoms with van der Waals surface area (Å²) in [5.74, 6) is -1.09. The van der Waals surface area contributed by atoms with Crippen LogP contribution in [0.1, 0.15) is 12.0 Å². The first-order chi connectivity index (χ1) is 7.99. The molecule has 1 saturated heterocycles. The molecule has 5 nitrogen and oxygen atoms in total. The topological polar surface area (TPSA) is 83.6 Å². The number of phenols is 1. The number of primary amides is 1. The van der Waals surface area contributed by atoms with Gasteiger partial charge in [0.25, 0.3) is 0 Å². The number of anilines is 1. The van der Waals surface area contributed by atoms with Crippen molar-refractivity contribution in [2.75, 3.05) is 11.4 Å². The summed E-state index contributed by atoms with van der Waals surface area (Å²) in [6.45, 7) is 2.09. The third-order valence-corrected chi connectivity index (χ3v) is 2.95. The van der Waals surface area contributed by atoms with E-state index in [2.05, 4.69) is 0 Å². The molecule has 1 aliphatic heterocycles. The van der Waals surface area contributed by atoms with Crippen molar-refractivity contribution in [1.29, 1.82) is 0 Å². The monoisotopic (exact) mass is 234 g/mol. The fraction of sp³-hybridized carbons (Fsp3) is 0.333. The lowest BCUT2D eigenvalue weighted by atomic mass is 10.1. The van der Waals surface area contributed by atoms with Gasteiger partial charge in [0.15, 0.2) is 0 Å². The van der Waals surface area contributed by atoms with Crippen LogP contribution in [0.3, 0.4) is 0 Å². The molecule has 17 heavy (non-hydrogen) atoms. The van der Waals surface area contributed by atoms with Gasteiger partial charge in [-0.05, 0) is 24.6 Å². The van der Waals surface area contributed by atoms with E-state index in [-0.39, 0.29) is 24.6 Å². The summed E-state index contributed by atoms with van der Waals surface area (Å²) < 4.78 is 0. The lowest BCUT2D eigenvalue weighted by molar-refractivity contribution is -0.123. The molecule has 1 aliphatic rings. The Morgan fingerprint density at radius 2 is 2.24 bits per heavy atom. The summed E-state index contributed by atoms with van der Waals surface area (Å²) in [5, 5.41) is 9.78. The van der Waals surface area contributed by atoms with Gasteiger partial charge in [0.1, 0.15) is 5.75 Å². The SMILES string of the molecule is Cc1ccc(N2CC(C(N)=O)CC2=O)c(O)c1. The Hall–Kier alpha value is -2.04. The first kappa shape index (κ1) is 11.4. The number of hydrogen-bond acceptors (Lipinski definition) is 3. The quantitative estimate of drug-likeness (QED) is 0.783. The first-order valence-corrected chi connectivity index (χ1v) is 5.38. The van der Waals surface area contributed by atoms with E-state index < -0.39 is 11.8 Å². The predicted molar refractivity (Wildman–Crippen MR) is 62.5 cm³/mol. The van der Waals surface area contributed by atoms with Crippen LogP contribution in [-0.4, -0.2) is 23.5 Å². The van der Waals surface area contributed by atoms with Gasteiger partial charge in [0, 0.05) is 13.0 Å². The summed E-state index contributed by atoms with van der Waals surface area (Å²) in [6.07, 6.45) is 0.114. The molecule has 90 valence electrons. The summed E-state index contributed by atoms with van der Waals surface area (Å²) in [7, 11) is 0. The Morgan fingerprint density at radius 3 is 2.76 bits per heavy atom.